The van der Waals surface area contributed by atoms with E-state index in [0.717, 1.165) is 12.1 Å². The highest BCUT2D eigenvalue weighted by molar-refractivity contribution is 6.34. The van der Waals surface area contributed by atoms with Crippen molar-refractivity contribution in [2.75, 3.05) is 20.3 Å². The average Bonchev–Trinajstić information content (AvgIpc) is 2.88. The topological polar surface area (TPSA) is 147 Å². The number of nitrogens with zero attached hydrogens (tertiary/aromatic N) is 5. The molecule has 3 heterocycles. The molecule has 0 spiro atoms. The molecule has 0 aliphatic rings. The fourth-order valence-corrected chi connectivity index (χ4v) is 3.90. The highest BCUT2D eigenvalue weighted by Gasteiger charge is 2.21. The molecule has 0 N–H and O–H groups in total. The van der Waals surface area contributed by atoms with Gasteiger partial charge in [0.05, 0.1) is 34.1 Å². The standard InChI is InChI=1S/C24H20ClN5O7/c1-3-37-24(33)17-13-16-20(26-19-6-4-5-9-28(19)23(16)32)29(10-11-36-2)21(17)27-22(31)15-12-14(30(34)35)7-8-18(15)25/h4-9,12-13H,3,10-11H2,1-2H3. The SMILES string of the molecule is CCOC(=O)c1cc2c(=O)n3ccccc3nc2n(CCOC)c1=NC(=O)c1cc([N+](=O)[O-])ccc1Cl. The average molecular weight is 526 g/mol. The first-order valence-corrected chi connectivity index (χ1v) is 11.4. The Hall–Kier alpha value is -4.42. The first-order chi connectivity index (χ1) is 17.8. The van der Waals surface area contributed by atoms with Crippen molar-refractivity contribution in [2.24, 2.45) is 4.99 Å². The largest absolute Gasteiger partial charge is 0.462 e. The van der Waals surface area contributed by atoms with Gasteiger partial charge < -0.3 is 14.0 Å². The maximum Gasteiger partial charge on any atom is 0.341 e. The lowest BCUT2D eigenvalue weighted by molar-refractivity contribution is -0.384. The summed E-state index contributed by atoms with van der Waals surface area (Å²) in [7, 11) is 1.46. The second-order valence-electron chi connectivity index (χ2n) is 7.67. The Bertz CT molecular complexity index is 1690. The fourth-order valence-electron chi connectivity index (χ4n) is 3.70. The van der Waals surface area contributed by atoms with Crippen LogP contribution in [0, 0.1) is 10.1 Å². The second kappa shape index (κ2) is 10.7. The third kappa shape index (κ3) is 4.97. The molecule has 0 fully saturated rings. The molecule has 190 valence electrons. The van der Waals surface area contributed by atoms with Gasteiger partial charge in [-0.2, -0.15) is 4.99 Å². The number of benzene rings is 1. The van der Waals surface area contributed by atoms with Gasteiger partial charge in [-0.15, -0.1) is 0 Å². The molecule has 0 bridgehead atoms. The number of non-ortho nitro benzene ring substituents is 1. The summed E-state index contributed by atoms with van der Waals surface area (Å²) in [6.45, 7) is 1.81. The van der Waals surface area contributed by atoms with E-state index in [1.807, 2.05) is 0 Å². The molecule has 0 saturated heterocycles. The van der Waals surface area contributed by atoms with Crippen LogP contribution in [0.5, 0.6) is 0 Å². The van der Waals surface area contributed by atoms with Crippen LogP contribution in [0.1, 0.15) is 27.6 Å². The lowest BCUT2D eigenvalue weighted by atomic mass is 10.1. The molecule has 0 aliphatic heterocycles. The minimum atomic E-state index is -0.942. The van der Waals surface area contributed by atoms with Crippen LogP contribution in [0.25, 0.3) is 16.7 Å². The molecule has 1 aromatic carbocycles. The number of aromatic nitrogens is 3. The quantitative estimate of drug-likeness (QED) is 0.155. The number of fused-ring (bicyclic) bond motifs is 2. The third-order valence-electron chi connectivity index (χ3n) is 5.40. The Balaban J connectivity index is 2.11. The maximum absolute atomic E-state index is 13.3. The number of carbonyl (C=O) groups is 2. The van der Waals surface area contributed by atoms with E-state index in [-0.39, 0.29) is 58.1 Å². The van der Waals surface area contributed by atoms with E-state index in [0.29, 0.717) is 5.65 Å². The zero-order valence-electron chi connectivity index (χ0n) is 19.7. The van der Waals surface area contributed by atoms with Gasteiger partial charge in [0.1, 0.15) is 16.9 Å². The molecule has 12 nitrogen and oxygen atoms in total. The van der Waals surface area contributed by atoms with Gasteiger partial charge in [-0.05, 0) is 31.2 Å². The number of pyridine rings is 2. The number of hydrogen-bond acceptors (Lipinski definition) is 8. The molecule has 0 radical (unpaired) electrons. The maximum atomic E-state index is 13.3. The number of amides is 1. The van der Waals surface area contributed by atoms with Crippen LogP contribution in [-0.4, -0.2) is 51.1 Å². The Labute approximate surface area is 213 Å². The zero-order valence-corrected chi connectivity index (χ0v) is 20.5. The number of nitro groups is 1. The lowest BCUT2D eigenvalue weighted by Crippen LogP contribution is -2.33. The number of nitro benzene ring substituents is 1. The molecule has 3 aromatic heterocycles. The number of carbonyl (C=O) groups excluding carboxylic acids is 2. The van der Waals surface area contributed by atoms with Crippen molar-refractivity contribution in [3.8, 4) is 0 Å². The first kappa shape index (κ1) is 25.7. The van der Waals surface area contributed by atoms with E-state index in [1.165, 1.54) is 28.2 Å². The van der Waals surface area contributed by atoms with Crippen LogP contribution in [0.3, 0.4) is 0 Å². The molecular formula is C24H20ClN5O7. The Kier molecular flexibility index (Phi) is 7.41. The van der Waals surface area contributed by atoms with Crippen LogP contribution in [0.15, 0.2) is 58.4 Å². The summed E-state index contributed by atoms with van der Waals surface area (Å²) in [5, 5.41) is 11.2. The molecule has 13 heteroatoms. The van der Waals surface area contributed by atoms with E-state index in [2.05, 4.69) is 9.98 Å². The molecule has 0 saturated carbocycles. The van der Waals surface area contributed by atoms with Crippen molar-refractivity contribution in [2.45, 2.75) is 13.5 Å². The summed E-state index contributed by atoms with van der Waals surface area (Å²) in [6.07, 6.45) is 1.54. The van der Waals surface area contributed by atoms with Crippen molar-refractivity contribution in [3.05, 3.63) is 90.8 Å². The van der Waals surface area contributed by atoms with E-state index in [9.17, 15) is 24.5 Å². The number of ether oxygens (including phenoxy) is 2. The van der Waals surface area contributed by atoms with Crippen LogP contribution < -0.4 is 11.0 Å². The first-order valence-electron chi connectivity index (χ1n) is 11.0. The van der Waals surface area contributed by atoms with Gasteiger partial charge in [-0.1, -0.05) is 17.7 Å². The van der Waals surface area contributed by atoms with Crippen molar-refractivity contribution in [3.63, 3.8) is 0 Å². The number of esters is 1. The van der Waals surface area contributed by atoms with Crippen molar-refractivity contribution >= 4 is 45.8 Å². The Morgan fingerprint density at radius 2 is 1.97 bits per heavy atom. The second-order valence-corrected chi connectivity index (χ2v) is 8.08. The van der Waals surface area contributed by atoms with Gasteiger partial charge in [0.2, 0.25) is 0 Å². The molecule has 0 atom stereocenters. The summed E-state index contributed by atoms with van der Waals surface area (Å²) in [5.74, 6) is -1.77. The number of rotatable bonds is 7. The van der Waals surface area contributed by atoms with Gasteiger partial charge in [0, 0.05) is 32.0 Å². The zero-order chi connectivity index (χ0) is 26.7. The van der Waals surface area contributed by atoms with Crippen LogP contribution in [0.2, 0.25) is 5.02 Å². The van der Waals surface area contributed by atoms with Gasteiger partial charge in [0.25, 0.3) is 17.2 Å². The normalized spacial score (nSPS) is 11.7. The number of hydrogen-bond donors (Lipinski definition) is 0. The summed E-state index contributed by atoms with van der Waals surface area (Å²) < 4.78 is 13.1. The monoisotopic (exact) mass is 525 g/mol. The predicted octanol–water partition coefficient (Wildman–Crippen LogP) is 2.78. The van der Waals surface area contributed by atoms with E-state index >= 15 is 0 Å². The van der Waals surface area contributed by atoms with Crippen LogP contribution >= 0.6 is 11.6 Å². The van der Waals surface area contributed by atoms with E-state index in [4.69, 9.17) is 21.1 Å². The lowest BCUT2D eigenvalue weighted by Gasteiger charge is -2.15. The molecule has 0 unspecified atom stereocenters. The minimum Gasteiger partial charge on any atom is -0.462 e. The van der Waals surface area contributed by atoms with Crippen LogP contribution in [0.4, 0.5) is 5.69 Å². The number of methoxy groups -OCH3 is 1. The molecule has 0 aliphatic carbocycles. The Morgan fingerprint density at radius 3 is 2.68 bits per heavy atom. The molecular weight excluding hydrogens is 506 g/mol. The van der Waals surface area contributed by atoms with E-state index in [1.54, 1.807) is 31.3 Å². The summed E-state index contributed by atoms with van der Waals surface area (Å²) in [6, 6.07) is 9.63. The van der Waals surface area contributed by atoms with Gasteiger partial charge >= 0.3 is 5.97 Å². The van der Waals surface area contributed by atoms with E-state index < -0.39 is 22.4 Å². The van der Waals surface area contributed by atoms with Gasteiger partial charge in [0.15, 0.2) is 5.49 Å². The predicted molar refractivity (Wildman–Crippen MR) is 133 cm³/mol. The molecule has 4 aromatic rings. The van der Waals surface area contributed by atoms with Gasteiger partial charge in [-0.25, -0.2) is 9.78 Å². The van der Waals surface area contributed by atoms with Crippen molar-refractivity contribution < 1.29 is 24.0 Å². The number of halogens is 1. The van der Waals surface area contributed by atoms with Crippen LogP contribution in [-0.2, 0) is 16.0 Å². The smallest absolute Gasteiger partial charge is 0.341 e. The minimum absolute atomic E-state index is 0.0218. The fraction of sp³-hybridized carbons (Fsp3) is 0.208. The van der Waals surface area contributed by atoms with Gasteiger partial charge in [-0.3, -0.25) is 24.1 Å². The highest BCUT2D eigenvalue weighted by Crippen LogP contribution is 2.23. The van der Waals surface area contributed by atoms with Crippen molar-refractivity contribution in [1.29, 1.82) is 0 Å². The summed E-state index contributed by atoms with van der Waals surface area (Å²) in [4.78, 5) is 58.7. The molecule has 37 heavy (non-hydrogen) atoms. The Morgan fingerprint density at radius 1 is 1.19 bits per heavy atom. The highest BCUT2D eigenvalue weighted by atomic mass is 35.5. The molecule has 1 amide bonds. The summed E-state index contributed by atoms with van der Waals surface area (Å²) in [5.41, 5.74) is -0.905. The molecule has 4 rings (SSSR count). The summed E-state index contributed by atoms with van der Waals surface area (Å²) >= 11 is 6.14. The third-order valence-corrected chi connectivity index (χ3v) is 5.73. The van der Waals surface area contributed by atoms with Crippen molar-refractivity contribution in [1.82, 2.24) is 14.0 Å².